The molecule has 3 aromatic carbocycles. The van der Waals surface area contributed by atoms with Gasteiger partial charge in [0.05, 0.1) is 5.92 Å². The molecule has 0 spiro atoms. The van der Waals surface area contributed by atoms with Gasteiger partial charge in [-0.25, -0.2) is 0 Å². The van der Waals surface area contributed by atoms with Gasteiger partial charge in [-0.2, -0.15) is 0 Å². The number of carbonyl (C=O) groups excluding carboxylic acids is 1. The lowest BCUT2D eigenvalue weighted by Gasteiger charge is -2.16. The molecule has 1 heterocycles. The molecule has 130 valence electrons. The highest BCUT2D eigenvalue weighted by Crippen LogP contribution is 2.39. The number of carbonyl (C=O) groups is 1. The smallest absolute Gasteiger partial charge is 0.231 e. The summed E-state index contributed by atoms with van der Waals surface area (Å²) in [4.78, 5) is 12.9. The van der Waals surface area contributed by atoms with Crippen LogP contribution in [0.3, 0.4) is 0 Å². The van der Waals surface area contributed by atoms with Gasteiger partial charge in [-0.15, -0.1) is 0 Å². The second kappa shape index (κ2) is 7.57. The molecule has 1 atom stereocenters. The molecule has 0 saturated carbocycles. The first kappa shape index (κ1) is 16.6. The molecule has 1 N–H and O–H groups in total. The number of hydrogen-bond acceptors (Lipinski definition) is 1. The van der Waals surface area contributed by atoms with Crippen molar-refractivity contribution in [3.63, 3.8) is 0 Å². The van der Waals surface area contributed by atoms with Crippen LogP contribution in [0.25, 0.3) is 11.1 Å². The van der Waals surface area contributed by atoms with E-state index in [1.54, 1.807) is 0 Å². The molecule has 2 heteroatoms. The van der Waals surface area contributed by atoms with E-state index in [4.69, 9.17) is 0 Å². The summed E-state index contributed by atoms with van der Waals surface area (Å²) in [6, 6.07) is 27.0. The Morgan fingerprint density at radius 1 is 0.731 bits per heavy atom. The van der Waals surface area contributed by atoms with Gasteiger partial charge in [-0.05, 0) is 42.0 Å². The molecule has 0 aromatic heterocycles. The molecule has 0 bridgehead atoms. The highest BCUT2D eigenvalue weighted by Gasteiger charge is 2.27. The summed E-state index contributed by atoms with van der Waals surface area (Å²) in [6.45, 7) is 0. The second-order valence-corrected chi connectivity index (χ2v) is 6.91. The first-order valence-electron chi connectivity index (χ1n) is 9.36. The Balaban J connectivity index is 1.52. The van der Waals surface area contributed by atoms with Crippen LogP contribution in [-0.2, 0) is 11.2 Å². The molecular formula is C24H23NO. The molecule has 3 aromatic rings. The van der Waals surface area contributed by atoms with Crippen molar-refractivity contribution in [2.75, 3.05) is 5.32 Å². The molecule has 26 heavy (non-hydrogen) atoms. The monoisotopic (exact) mass is 341 g/mol. The predicted molar refractivity (Wildman–Crippen MR) is 107 cm³/mol. The first-order chi connectivity index (χ1) is 12.8. The standard InChI is InChI=1S/C24H23NO/c26-24-22(16-5-4-12-18-10-2-1-3-11-18)20-14-7-6-13-19(20)21-15-8-9-17-23(21)25-24/h1-3,6-11,13-15,17,22H,4-5,12,16H2,(H,25,26). The van der Waals surface area contributed by atoms with E-state index in [1.807, 2.05) is 30.3 Å². The van der Waals surface area contributed by atoms with Gasteiger partial charge in [-0.1, -0.05) is 79.2 Å². The summed E-state index contributed by atoms with van der Waals surface area (Å²) >= 11 is 0. The Morgan fingerprint density at radius 3 is 2.27 bits per heavy atom. The van der Waals surface area contributed by atoms with Crippen molar-refractivity contribution in [2.45, 2.75) is 31.6 Å². The number of nitrogens with one attached hydrogen (secondary N) is 1. The van der Waals surface area contributed by atoms with Crippen molar-refractivity contribution < 1.29 is 4.79 Å². The van der Waals surface area contributed by atoms with Gasteiger partial charge in [0.25, 0.3) is 0 Å². The Kier molecular flexibility index (Phi) is 4.83. The molecule has 2 nitrogen and oxygen atoms in total. The maximum absolute atomic E-state index is 12.9. The molecule has 0 fully saturated rings. The highest BCUT2D eigenvalue weighted by molar-refractivity contribution is 6.03. The minimum absolute atomic E-state index is 0.0885. The number of unbranched alkanes of at least 4 members (excludes halogenated alkanes) is 1. The zero-order chi connectivity index (χ0) is 17.8. The van der Waals surface area contributed by atoms with Gasteiger partial charge >= 0.3 is 0 Å². The Labute approximate surface area is 154 Å². The van der Waals surface area contributed by atoms with Gasteiger partial charge < -0.3 is 5.32 Å². The second-order valence-electron chi connectivity index (χ2n) is 6.91. The van der Waals surface area contributed by atoms with E-state index in [0.29, 0.717) is 0 Å². The van der Waals surface area contributed by atoms with Gasteiger partial charge in [0, 0.05) is 11.3 Å². The summed E-state index contributed by atoms with van der Waals surface area (Å²) in [5.41, 5.74) is 5.72. The zero-order valence-corrected chi connectivity index (χ0v) is 14.8. The summed E-state index contributed by atoms with van der Waals surface area (Å²) in [5, 5.41) is 3.14. The molecule has 0 aliphatic carbocycles. The van der Waals surface area contributed by atoms with Crippen LogP contribution in [0.1, 0.15) is 36.3 Å². The van der Waals surface area contributed by atoms with Crippen LogP contribution in [0.2, 0.25) is 0 Å². The largest absolute Gasteiger partial charge is 0.325 e. The van der Waals surface area contributed by atoms with E-state index in [0.717, 1.165) is 42.5 Å². The fourth-order valence-electron chi connectivity index (χ4n) is 3.84. The van der Waals surface area contributed by atoms with Crippen molar-refractivity contribution in [1.29, 1.82) is 0 Å². The number of anilines is 1. The van der Waals surface area contributed by atoms with Crippen LogP contribution in [0.5, 0.6) is 0 Å². The lowest BCUT2D eigenvalue weighted by atomic mass is 9.87. The van der Waals surface area contributed by atoms with E-state index >= 15 is 0 Å². The van der Waals surface area contributed by atoms with Crippen LogP contribution in [0.15, 0.2) is 78.9 Å². The number of rotatable bonds is 5. The van der Waals surface area contributed by atoms with Gasteiger partial charge in [0.2, 0.25) is 5.91 Å². The quantitative estimate of drug-likeness (QED) is 0.584. The van der Waals surface area contributed by atoms with E-state index in [-0.39, 0.29) is 11.8 Å². The topological polar surface area (TPSA) is 29.1 Å². The molecule has 1 amide bonds. The average Bonchev–Trinajstić information content (AvgIpc) is 2.80. The number of benzene rings is 3. The van der Waals surface area contributed by atoms with E-state index in [1.165, 1.54) is 11.1 Å². The van der Waals surface area contributed by atoms with Crippen molar-refractivity contribution in [2.24, 2.45) is 0 Å². The van der Waals surface area contributed by atoms with Gasteiger partial charge in [-0.3, -0.25) is 4.79 Å². The molecule has 0 saturated heterocycles. The number of aryl methyl sites for hydroxylation is 1. The molecule has 1 aliphatic rings. The van der Waals surface area contributed by atoms with Gasteiger partial charge in [0.15, 0.2) is 0 Å². The third-order valence-corrected chi connectivity index (χ3v) is 5.18. The number of amides is 1. The molecule has 0 radical (unpaired) electrons. The molecular weight excluding hydrogens is 318 g/mol. The third kappa shape index (κ3) is 3.41. The normalized spacial score (nSPS) is 15.5. The summed E-state index contributed by atoms with van der Waals surface area (Å²) in [5.74, 6) is 0.0245. The summed E-state index contributed by atoms with van der Waals surface area (Å²) in [6.07, 6.45) is 4.08. The van der Waals surface area contributed by atoms with Crippen LogP contribution in [0, 0.1) is 0 Å². The van der Waals surface area contributed by atoms with Crippen molar-refractivity contribution in [1.82, 2.24) is 0 Å². The van der Waals surface area contributed by atoms with Crippen molar-refractivity contribution >= 4 is 11.6 Å². The summed E-state index contributed by atoms with van der Waals surface area (Å²) in [7, 11) is 0. The van der Waals surface area contributed by atoms with Crippen molar-refractivity contribution in [3.05, 3.63) is 90.0 Å². The van der Waals surface area contributed by atoms with E-state index in [2.05, 4.69) is 53.8 Å². The minimum Gasteiger partial charge on any atom is -0.325 e. The number of hydrogen-bond donors (Lipinski definition) is 1. The predicted octanol–water partition coefficient (Wildman–Crippen LogP) is 5.80. The number of fused-ring (bicyclic) bond motifs is 3. The molecule has 1 aliphatic heterocycles. The van der Waals surface area contributed by atoms with E-state index < -0.39 is 0 Å². The van der Waals surface area contributed by atoms with E-state index in [9.17, 15) is 4.79 Å². The minimum atomic E-state index is -0.0885. The van der Waals surface area contributed by atoms with Crippen molar-refractivity contribution in [3.8, 4) is 11.1 Å². The van der Waals surface area contributed by atoms with Crippen LogP contribution in [0.4, 0.5) is 5.69 Å². The maximum atomic E-state index is 12.9. The first-order valence-corrected chi connectivity index (χ1v) is 9.36. The molecule has 1 unspecified atom stereocenters. The lowest BCUT2D eigenvalue weighted by Crippen LogP contribution is -2.20. The Morgan fingerprint density at radius 2 is 1.42 bits per heavy atom. The SMILES string of the molecule is O=C1Nc2ccccc2-c2ccccc2C1CCCCc1ccccc1. The Bertz CT molecular complexity index is 901. The highest BCUT2D eigenvalue weighted by atomic mass is 16.1. The lowest BCUT2D eigenvalue weighted by molar-refractivity contribution is -0.117. The third-order valence-electron chi connectivity index (χ3n) is 5.18. The van der Waals surface area contributed by atoms with Crippen LogP contribution < -0.4 is 5.32 Å². The summed E-state index contributed by atoms with van der Waals surface area (Å²) < 4.78 is 0. The molecule has 4 rings (SSSR count). The fraction of sp³-hybridized carbons (Fsp3) is 0.208. The van der Waals surface area contributed by atoms with Crippen LogP contribution in [-0.4, -0.2) is 5.91 Å². The Hall–Kier alpha value is -2.87. The fourth-order valence-corrected chi connectivity index (χ4v) is 3.84. The zero-order valence-electron chi connectivity index (χ0n) is 14.8. The van der Waals surface area contributed by atoms with Gasteiger partial charge in [0.1, 0.15) is 0 Å². The average molecular weight is 341 g/mol. The maximum Gasteiger partial charge on any atom is 0.231 e. The number of para-hydroxylation sites is 1. The van der Waals surface area contributed by atoms with Crippen LogP contribution >= 0.6 is 0 Å².